The second-order valence-corrected chi connectivity index (χ2v) is 6.98. The highest BCUT2D eigenvalue weighted by Crippen LogP contribution is 2.29. The number of aromatic nitrogens is 4. The van der Waals surface area contributed by atoms with Gasteiger partial charge in [0.15, 0.2) is 0 Å². The van der Waals surface area contributed by atoms with Gasteiger partial charge in [0.2, 0.25) is 5.88 Å². The second-order valence-electron chi connectivity index (χ2n) is 6.98. The van der Waals surface area contributed by atoms with Gasteiger partial charge < -0.3 is 24.9 Å². The molecule has 3 N–H and O–H groups in total. The molecule has 0 spiro atoms. The summed E-state index contributed by atoms with van der Waals surface area (Å²) >= 11 is 0. The third-order valence-corrected chi connectivity index (χ3v) is 4.97. The van der Waals surface area contributed by atoms with E-state index >= 15 is 0 Å². The van der Waals surface area contributed by atoms with Crippen LogP contribution in [0.3, 0.4) is 0 Å². The largest absolute Gasteiger partial charge is 0.495 e. The highest BCUT2D eigenvalue weighted by atomic mass is 16.5. The van der Waals surface area contributed by atoms with E-state index in [1.54, 1.807) is 39.0 Å². The molecule has 0 saturated carbocycles. The zero-order chi connectivity index (χ0) is 21.6. The molecule has 4 aromatic rings. The van der Waals surface area contributed by atoms with Gasteiger partial charge in [0, 0.05) is 36.2 Å². The molecule has 1 radical (unpaired) electrons. The average Bonchev–Trinajstić information content (AvgIpc) is 3.21. The van der Waals surface area contributed by atoms with Gasteiger partial charge in [0.25, 0.3) is 0 Å². The van der Waals surface area contributed by atoms with E-state index in [-0.39, 0.29) is 12.6 Å². The molecule has 8 nitrogen and oxygen atoms in total. The number of fused-ring (bicyclic) bond motifs is 1. The maximum Gasteiger partial charge on any atom is 0.231 e. The summed E-state index contributed by atoms with van der Waals surface area (Å²) < 4.78 is 10.4. The minimum atomic E-state index is -0.284. The van der Waals surface area contributed by atoms with Crippen LogP contribution < -0.4 is 14.8 Å². The lowest BCUT2D eigenvalue weighted by atomic mass is 10.0. The Morgan fingerprint density at radius 1 is 1.10 bits per heavy atom. The lowest BCUT2D eigenvalue weighted by molar-refractivity contribution is 0.299. The Bertz CT molecular complexity index is 1140. The third kappa shape index (κ3) is 4.75. The van der Waals surface area contributed by atoms with E-state index in [0.29, 0.717) is 18.1 Å². The average molecular weight is 418 g/mol. The summed E-state index contributed by atoms with van der Waals surface area (Å²) in [6.07, 6.45) is 11.3. The molecule has 1 aromatic carbocycles. The number of H-pyrrole nitrogens is 1. The highest BCUT2D eigenvalue weighted by Gasteiger charge is 2.18. The van der Waals surface area contributed by atoms with Crippen LogP contribution in [0.2, 0.25) is 0 Å². The first-order valence-corrected chi connectivity index (χ1v) is 9.87. The molecule has 0 saturated heterocycles. The molecule has 8 heteroatoms. The molecule has 0 aliphatic carbocycles. The Labute approximate surface area is 180 Å². The highest BCUT2D eigenvalue weighted by molar-refractivity contribution is 5.85. The number of nitrogens with one attached hydrogen (secondary N) is 2. The molecule has 0 aliphatic heterocycles. The number of aromatic amines is 1. The lowest BCUT2D eigenvalue weighted by Crippen LogP contribution is -2.14. The van der Waals surface area contributed by atoms with Crippen LogP contribution in [-0.2, 0) is 6.42 Å². The fraction of sp³-hybridized carbons (Fsp3) is 0.217. The topological polar surface area (TPSA) is 105 Å². The zero-order valence-corrected chi connectivity index (χ0v) is 17.4. The fourth-order valence-electron chi connectivity index (χ4n) is 3.37. The van der Waals surface area contributed by atoms with E-state index in [1.165, 1.54) is 0 Å². The monoisotopic (exact) mass is 418 g/mol. The molecule has 1 atom stereocenters. The van der Waals surface area contributed by atoms with Gasteiger partial charge in [-0.2, -0.15) is 0 Å². The summed E-state index contributed by atoms with van der Waals surface area (Å²) in [6, 6.07) is 7.73. The predicted octanol–water partition coefficient (Wildman–Crippen LogP) is 3.31. The van der Waals surface area contributed by atoms with Crippen LogP contribution in [0.15, 0.2) is 55.2 Å². The van der Waals surface area contributed by atoms with E-state index in [4.69, 9.17) is 9.47 Å². The summed E-state index contributed by atoms with van der Waals surface area (Å²) in [4.78, 5) is 16.3. The van der Waals surface area contributed by atoms with Gasteiger partial charge in [-0.3, -0.25) is 9.97 Å². The summed E-state index contributed by atoms with van der Waals surface area (Å²) in [5.41, 5.74) is 4.63. The Balaban J connectivity index is 1.68. The lowest BCUT2D eigenvalue weighted by Gasteiger charge is -2.19. The van der Waals surface area contributed by atoms with Crippen LogP contribution in [0.1, 0.15) is 22.9 Å². The Morgan fingerprint density at radius 2 is 2.00 bits per heavy atom. The number of anilines is 1. The van der Waals surface area contributed by atoms with Crippen molar-refractivity contribution >= 4 is 16.6 Å². The fourth-order valence-corrected chi connectivity index (χ4v) is 3.37. The molecule has 0 amide bonds. The van der Waals surface area contributed by atoms with Crippen molar-refractivity contribution in [2.45, 2.75) is 12.5 Å². The molecule has 31 heavy (non-hydrogen) atoms. The molecule has 0 aliphatic rings. The van der Waals surface area contributed by atoms with Crippen LogP contribution in [0.4, 0.5) is 5.69 Å². The van der Waals surface area contributed by atoms with Gasteiger partial charge >= 0.3 is 0 Å². The maximum absolute atomic E-state index is 9.29. The Kier molecular flexibility index (Phi) is 6.28. The molecule has 4 rings (SSSR count). The van der Waals surface area contributed by atoms with E-state index in [2.05, 4.69) is 37.7 Å². The first-order valence-electron chi connectivity index (χ1n) is 9.87. The predicted molar refractivity (Wildman–Crippen MR) is 118 cm³/mol. The number of aliphatic hydroxyl groups excluding tert-OH is 1. The number of benzene rings is 1. The number of methoxy groups -OCH3 is 2. The minimum absolute atomic E-state index is 0.115. The van der Waals surface area contributed by atoms with Gasteiger partial charge in [-0.1, -0.05) is 6.07 Å². The minimum Gasteiger partial charge on any atom is -0.495 e. The van der Waals surface area contributed by atoms with Crippen molar-refractivity contribution in [3.05, 3.63) is 78.5 Å². The molecule has 3 aromatic heterocycles. The molecule has 1 unspecified atom stereocenters. The van der Waals surface area contributed by atoms with Crippen LogP contribution in [0.5, 0.6) is 11.6 Å². The van der Waals surface area contributed by atoms with E-state index < -0.39 is 0 Å². The molecular weight excluding hydrogens is 394 g/mol. The number of ether oxygens (including phenoxy) is 2. The molecule has 0 bridgehead atoms. The summed E-state index contributed by atoms with van der Waals surface area (Å²) in [5, 5.41) is 13.8. The van der Waals surface area contributed by atoms with Crippen LogP contribution in [0.25, 0.3) is 10.9 Å². The molecular formula is C23H24N5O3. The number of hydrogen-bond acceptors (Lipinski definition) is 7. The van der Waals surface area contributed by atoms with Crippen molar-refractivity contribution in [2.75, 3.05) is 26.1 Å². The van der Waals surface area contributed by atoms with Crippen LogP contribution >= 0.6 is 0 Å². The normalized spacial score (nSPS) is 12.0. The summed E-state index contributed by atoms with van der Waals surface area (Å²) in [5.74, 6) is 1.11. The first-order chi connectivity index (χ1) is 15.2. The molecule has 3 heterocycles. The smallest absolute Gasteiger partial charge is 0.231 e. The van der Waals surface area contributed by atoms with Gasteiger partial charge in [-0.05, 0) is 29.7 Å². The number of nitrogens with zero attached hydrogens (tertiary/aromatic N) is 3. The zero-order valence-electron chi connectivity index (χ0n) is 17.4. The van der Waals surface area contributed by atoms with Crippen LogP contribution in [-0.4, -0.2) is 45.9 Å². The summed E-state index contributed by atoms with van der Waals surface area (Å²) in [6.45, 7) is 0.115. The van der Waals surface area contributed by atoms with Gasteiger partial charge in [0.1, 0.15) is 5.75 Å². The quantitative estimate of drug-likeness (QED) is 0.383. The number of hydrogen-bond donors (Lipinski definition) is 3. The number of rotatable bonds is 9. The van der Waals surface area contributed by atoms with E-state index in [0.717, 1.165) is 33.4 Å². The first kappa shape index (κ1) is 20.6. The van der Waals surface area contributed by atoms with Gasteiger partial charge in [-0.25, -0.2) is 4.98 Å². The maximum atomic E-state index is 9.29. The van der Waals surface area contributed by atoms with Crippen molar-refractivity contribution in [1.29, 1.82) is 0 Å². The number of pyridine rings is 1. The van der Waals surface area contributed by atoms with Crippen molar-refractivity contribution in [2.24, 2.45) is 0 Å². The van der Waals surface area contributed by atoms with Gasteiger partial charge in [0.05, 0.1) is 56.4 Å². The number of aliphatic hydroxyl groups is 1. The van der Waals surface area contributed by atoms with E-state index in [9.17, 15) is 5.11 Å². The summed E-state index contributed by atoms with van der Waals surface area (Å²) in [7, 11) is 3.17. The Morgan fingerprint density at radius 3 is 2.74 bits per heavy atom. The van der Waals surface area contributed by atoms with Crippen molar-refractivity contribution in [1.82, 2.24) is 19.9 Å². The standard InChI is InChI=1S/C23H24N5O3/c1-30-18-9-17(11-24-12-18)28-21(22-13-27-23(31-2)14-26-22)8-16-10-25-20-4-3-15(5-6-29)7-19(16)20/h3-4,7-14,21,25,28-29H,5-6H2,1-2H3. The van der Waals surface area contributed by atoms with E-state index in [1.807, 2.05) is 24.4 Å². The molecule has 159 valence electrons. The SMILES string of the molecule is COc1cncc(NC([CH]c2c[nH]c3ccc(CCO)cc23)c2cnc(OC)cn2)c1. The second kappa shape index (κ2) is 9.44. The van der Waals surface area contributed by atoms with Crippen LogP contribution in [0, 0.1) is 6.42 Å². The molecule has 0 fully saturated rings. The third-order valence-electron chi connectivity index (χ3n) is 4.97. The van der Waals surface area contributed by atoms with Crippen molar-refractivity contribution in [3.63, 3.8) is 0 Å². The van der Waals surface area contributed by atoms with Gasteiger partial charge in [-0.15, -0.1) is 0 Å². The van der Waals surface area contributed by atoms with Crippen molar-refractivity contribution < 1.29 is 14.6 Å². The Hall–Kier alpha value is -3.65. The van der Waals surface area contributed by atoms with Crippen molar-refractivity contribution in [3.8, 4) is 11.6 Å².